The van der Waals surface area contributed by atoms with Gasteiger partial charge in [0.25, 0.3) is 5.91 Å². The highest BCUT2D eigenvalue weighted by Gasteiger charge is 2.17. The summed E-state index contributed by atoms with van der Waals surface area (Å²) in [4.78, 5) is 40.1. The van der Waals surface area contributed by atoms with Gasteiger partial charge in [-0.3, -0.25) is 15.1 Å². The third-order valence-electron chi connectivity index (χ3n) is 3.54. The van der Waals surface area contributed by atoms with Crippen LogP contribution in [0.3, 0.4) is 0 Å². The zero-order valence-electron chi connectivity index (χ0n) is 14.7. The molecule has 0 bridgehead atoms. The van der Waals surface area contributed by atoms with Crippen LogP contribution in [-0.4, -0.2) is 36.0 Å². The van der Waals surface area contributed by atoms with E-state index in [0.717, 1.165) is 5.69 Å². The first-order valence-electron chi connectivity index (χ1n) is 8.17. The topological polar surface area (TPSA) is 97.4 Å². The van der Waals surface area contributed by atoms with Crippen LogP contribution in [0.4, 0.5) is 4.79 Å². The van der Waals surface area contributed by atoms with E-state index < -0.39 is 24.5 Å². The molecule has 0 radical (unpaired) electrons. The maximum absolute atomic E-state index is 12.5. The summed E-state index contributed by atoms with van der Waals surface area (Å²) in [5, 5.41) is 5.10. The summed E-state index contributed by atoms with van der Waals surface area (Å²) in [5.74, 6) is -1.24. The molecule has 136 valence electrons. The average molecular weight is 355 g/mol. The monoisotopic (exact) mass is 355 g/mol. The number of aromatic nitrogens is 1. The summed E-state index contributed by atoms with van der Waals surface area (Å²) in [7, 11) is 0. The number of fused-ring (bicyclic) bond motifs is 1. The predicted molar refractivity (Wildman–Crippen MR) is 97.9 cm³/mol. The maximum Gasteiger partial charge on any atom is 0.339 e. The number of urea groups is 1. The van der Waals surface area contributed by atoms with Crippen LogP contribution in [0.2, 0.25) is 0 Å². The number of hydrogen-bond acceptors (Lipinski definition) is 5. The number of carbonyl (C=O) groups excluding carboxylic acids is 3. The first-order valence-corrected chi connectivity index (χ1v) is 8.17. The number of pyridine rings is 1. The Balaban J connectivity index is 2.10. The number of ether oxygens (including phenoxy) is 1. The number of rotatable bonds is 6. The predicted octanol–water partition coefficient (Wildman–Crippen LogP) is 2.53. The molecule has 26 heavy (non-hydrogen) atoms. The van der Waals surface area contributed by atoms with Crippen molar-refractivity contribution in [2.75, 3.05) is 13.2 Å². The standard InChI is InChI=1S/C19H21N3O4/c1-4-9-20-19(25)22-17(23)11-26-18(24)14-10-16(12(2)3)21-15-8-6-5-7-13(14)15/h4-8,10,12H,1,9,11H2,2-3H3,(H2,20,22,23,25). The highest BCUT2D eigenvalue weighted by Crippen LogP contribution is 2.23. The summed E-state index contributed by atoms with van der Waals surface area (Å²) in [6.45, 7) is 7.06. The van der Waals surface area contributed by atoms with Crippen molar-refractivity contribution in [3.63, 3.8) is 0 Å². The van der Waals surface area contributed by atoms with Gasteiger partial charge in [0.05, 0.1) is 11.1 Å². The van der Waals surface area contributed by atoms with Gasteiger partial charge >= 0.3 is 12.0 Å². The molecule has 0 fully saturated rings. The Labute approximate surface area is 151 Å². The van der Waals surface area contributed by atoms with Crippen molar-refractivity contribution in [2.24, 2.45) is 0 Å². The lowest BCUT2D eigenvalue weighted by molar-refractivity contribution is -0.123. The van der Waals surface area contributed by atoms with Crippen molar-refractivity contribution in [3.8, 4) is 0 Å². The molecule has 7 heteroatoms. The van der Waals surface area contributed by atoms with E-state index in [2.05, 4.69) is 22.2 Å². The average Bonchev–Trinajstić information content (AvgIpc) is 2.63. The minimum atomic E-state index is -0.720. The fourth-order valence-corrected chi connectivity index (χ4v) is 2.24. The molecule has 0 atom stereocenters. The normalized spacial score (nSPS) is 10.4. The largest absolute Gasteiger partial charge is 0.452 e. The zero-order chi connectivity index (χ0) is 19.1. The van der Waals surface area contributed by atoms with Gasteiger partial charge < -0.3 is 10.1 Å². The lowest BCUT2D eigenvalue weighted by atomic mass is 10.0. The molecule has 3 amide bonds. The summed E-state index contributed by atoms with van der Waals surface area (Å²) in [5.41, 5.74) is 1.77. The molecule has 0 saturated carbocycles. The van der Waals surface area contributed by atoms with E-state index in [1.54, 1.807) is 18.2 Å². The van der Waals surface area contributed by atoms with Crippen LogP contribution in [-0.2, 0) is 9.53 Å². The molecule has 0 aliphatic carbocycles. The number of nitrogens with one attached hydrogen (secondary N) is 2. The van der Waals surface area contributed by atoms with Gasteiger partial charge in [-0.2, -0.15) is 0 Å². The van der Waals surface area contributed by atoms with E-state index in [4.69, 9.17) is 4.74 Å². The van der Waals surface area contributed by atoms with E-state index >= 15 is 0 Å². The highest BCUT2D eigenvalue weighted by molar-refractivity contribution is 6.04. The second-order valence-electron chi connectivity index (χ2n) is 5.89. The first-order chi connectivity index (χ1) is 12.4. The summed E-state index contributed by atoms with van der Waals surface area (Å²) in [6.07, 6.45) is 1.48. The Kier molecular flexibility index (Phi) is 6.43. The molecule has 1 heterocycles. The SMILES string of the molecule is C=CCNC(=O)NC(=O)COC(=O)c1cc(C(C)C)nc2ccccc12. The lowest BCUT2D eigenvalue weighted by Crippen LogP contribution is -2.41. The molecular weight excluding hydrogens is 334 g/mol. The smallest absolute Gasteiger partial charge is 0.339 e. The summed E-state index contributed by atoms with van der Waals surface area (Å²) >= 11 is 0. The van der Waals surface area contributed by atoms with E-state index in [1.165, 1.54) is 6.08 Å². The van der Waals surface area contributed by atoms with Crippen LogP contribution in [0.15, 0.2) is 43.0 Å². The van der Waals surface area contributed by atoms with Crippen molar-refractivity contribution >= 4 is 28.8 Å². The van der Waals surface area contributed by atoms with Crippen molar-refractivity contribution < 1.29 is 19.1 Å². The van der Waals surface area contributed by atoms with Gasteiger partial charge in [0, 0.05) is 17.6 Å². The van der Waals surface area contributed by atoms with Crippen LogP contribution in [0.5, 0.6) is 0 Å². The molecule has 1 aromatic carbocycles. The zero-order valence-corrected chi connectivity index (χ0v) is 14.7. The van der Waals surface area contributed by atoms with E-state index in [9.17, 15) is 14.4 Å². The van der Waals surface area contributed by atoms with Crippen molar-refractivity contribution in [1.29, 1.82) is 0 Å². The van der Waals surface area contributed by atoms with Crippen molar-refractivity contribution in [1.82, 2.24) is 15.6 Å². The minimum Gasteiger partial charge on any atom is -0.452 e. The molecule has 2 rings (SSSR count). The van der Waals surface area contributed by atoms with Gasteiger partial charge in [0.2, 0.25) is 0 Å². The second-order valence-corrected chi connectivity index (χ2v) is 5.89. The van der Waals surface area contributed by atoms with Gasteiger partial charge in [0.1, 0.15) is 0 Å². The van der Waals surface area contributed by atoms with Crippen LogP contribution in [0, 0.1) is 0 Å². The summed E-state index contributed by atoms with van der Waals surface area (Å²) in [6, 6.07) is 8.21. The molecule has 2 aromatic rings. The lowest BCUT2D eigenvalue weighted by Gasteiger charge is -2.11. The number of imide groups is 1. The van der Waals surface area contributed by atoms with Gasteiger partial charge in [0.15, 0.2) is 6.61 Å². The first kappa shape index (κ1) is 19.1. The minimum absolute atomic E-state index is 0.128. The number of para-hydroxylation sites is 1. The third-order valence-corrected chi connectivity index (χ3v) is 3.54. The van der Waals surface area contributed by atoms with Crippen LogP contribution >= 0.6 is 0 Å². The third kappa shape index (κ3) is 4.89. The maximum atomic E-state index is 12.5. The van der Waals surface area contributed by atoms with Gasteiger partial charge in [-0.1, -0.05) is 38.1 Å². The number of esters is 1. The van der Waals surface area contributed by atoms with Gasteiger partial charge in [-0.15, -0.1) is 6.58 Å². The number of benzene rings is 1. The molecule has 2 N–H and O–H groups in total. The molecule has 0 saturated heterocycles. The van der Waals surface area contributed by atoms with E-state index in [1.807, 2.05) is 26.0 Å². The highest BCUT2D eigenvalue weighted by atomic mass is 16.5. The van der Waals surface area contributed by atoms with E-state index in [0.29, 0.717) is 16.5 Å². The summed E-state index contributed by atoms with van der Waals surface area (Å²) < 4.78 is 5.06. The van der Waals surface area contributed by atoms with Crippen LogP contribution in [0.1, 0.15) is 35.8 Å². The quantitative estimate of drug-likeness (QED) is 0.613. The molecule has 0 aliphatic rings. The van der Waals surface area contributed by atoms with Gasteiger partial charge in [-0.25, -0.2) is 9.59 Å². The molecule has 1 aromatic heterocycles. The Hall–Kier alpha value is -3.22. The Bertz CT molecular complexity index is 846. The van der Waals surface area contributed by atoms with Gasteiger partial charge in [-0.05, 0) is 18.1 Å². The number of amides is 3. The van der Waals surface area contributed by atoms with Crippen molar-refractivity contribution in [3.05, 3.63) is 54.2 Å². The van der Waals surface area contributed by atoms with Crippen molar-refractivity contribution in [2.45, 2.75) is 19.8 Å². The van der Waals surface area contributed by atoms with Crippen LogP contribution < -0.4 is 10.6 Å². The van der Waals surface area contributed by atoms with E-state index in [-0.39, 0.29) is 12.5 Å². The molecule has 0 aliphatic heterocycles. The Morgan fingerprint density at radius 2 is 2.00 bits per heavy atom. The Morgan fingerprint density at radius 3 is 2.69 bits per heavy atom. The fraction of sp³-hybridized carbons (Fsp3) is 0.263. The fourth-order valence-electron chi connectivity index (χ4n) is 2.24. The number of hydrogen-bond donors (Lipinski definition) is 2. The molecule has 0 spiro atoms. The van der Waals surface area contributed by atoms with Crippen LogP contribution in [0.25, 0.3) is 10.9 Å². The number of nitrogens with zero attached hydrogens (tertiary/aromatic N) is 1. The number of carbonyl (C=O) groups is 3. The molecule has 0 unspecified atom stereocenters. The molecular formula is C19H21N3O4. The Morgan fingerprint density at radius 1 is 1.27 bits per heavy atom. The molecule has 7 nitrogen and oxygen atoms in total. The second kappa shape index (κ2) is 8.75.